The summed E-state index contributed by atoms with van der Waals surface area (Å²) in [5.74, 6) is 0. The molecule has 0 saturated heterocycles. The minimum Gasteiger partial charge on any atom is -0.404 e. The van der Waals surface area contributed by atoms with Gasteiger partial charge in [-0.25, -0.2) is 0 Å². The van der Waals surface area contributed by atoms with Crippen LogP contribution in [0, 0.1) is 0 Å². The van der Waals surface area contributed by atoms with Crippen LogP contribution in [0.5, 0.6) is 0 Å². The van der Waals surface area contributed by atoms with Crippen molar-refractivity contribution in [1.29, 1.82) is 0 Å². The first-order valence-electron chi connectivity index (χ1n) is 5.70. The second-order valence-corrected chi connectivity index (χ2v) is 8.57. The Morgan fingerprint density at radius 3 is 2.00 bits per heavy atom. The van der Waals surface area contributed by atoms with Gasteiger partial charge < -0.3 is 4.43 Å². The first-order chi connectivity index (χ1) is 7.30. The van der Waals surface area contributed by atoms with Crippen LogP contribution >= 0.6 is 15.9 Å². The second-order valence-electron chi connectivity index (χ2n) is 5.37. The van der Waals surface area contributed by atoms with Gasteiger partial charge in [-0.15, -0.1) is 0 Å². The molecule has 0 aliphatic heterocycles. The van der Waals surface area contributed by atoms with E-state index in [2.05, 4.69) is 74.1 Å². The topological polar surface area (TPSA) is 9.23 Å². The molecular weight excluding hydrogens is 280 g/mol. The van der Waals surface area contributed by atoms with E-state index in [9.17, 15) is 0 Å². The molecule has 0 fully saturated rings. The van der Waals surface area contributed by atoms with Gasteiger partial charge in [0.15, 0.2) is 9.04 Å². The fourth-order valence-electron chi connectivity index (χ4n) is 1.45. The van der Waals surface area contributed by atoms with Crippen LogP contribution in [0.1, 0.15) is 36.9 Å². The Labute approximate surface area is 109 Å². The van der Waals surface area contributed by atoms with Gasteiger partial charge >= 0.3 is 0 Å². The summed E-state index contributed by atoms with van der Waals surface area (Å²) in [6.07, 6.45) is 0. The zero-order chi connectivity index (χ0) is 12.3. The molecular formula is C13H21BrOSi. The van der Waals surface area contributed by atoms with Gasteiger partial charge in [-0.2, -0.15) is 0 Å². The molecule has 16 heavy (non-hydrogen) atoms. The van der Waals surface area contributed by atoms with E-state index in [4.69, 9.17) is 4.43 Å². The van der Waals surface area contributed by atoms with Crippen molar-refractivity contribution in [3.63, 3.8) is 0 Å². The Bertz CT molecular complexity index is 327. The van der Waals surface area contributed by atoms with Gasteiger partial charge in [-0.1, -0.05) is 61.0 Å². The molecule has 1 atom stereocenters. The largest absolute Gasteiger partial charge is 0.404 e. The van der Waals surface area contributed by atoms with Gasteiger partial charge in [0.25, 0.3) is 0 Å². The molecule has 0 N–H and O–H groups in total. The summed E-state index contributed by atoms with van der Waals surface area (Å²) in [6, 6.07) is 8.68. The number of alkyl halides is 1. The molecule has 1 aromatic rings. The summed E-state index contributed by atoms with van der Waals surface area (Å²) in [7, 11) is -0.991. The normalized spacial score (nSPS) is 14.2. The van der Waals surface area contributed by atoms with Crippen molar-refractivity contribution >= 4 is 25.0 Å². The fourth-order valence-corrected chi connectivity index (χ4v) is 3.69. The van der Waals surface area contributed by atoms with E-state index in [0.717, 1.165) is 0 Å². The van der Waals surface area contributed by atoms with E-state index < -0.39 is 9.04 Å². The van der Waals surface area contributed by atoms with Crippen LogP contribution in [0.4, 0.5) is 0 Å². The highest BCUT2D eigenvalue weighted by Crippen LogP contribution is 2.28. The maximum atomic E-state index is 5.82. The lowest BCUT2D eigenvalue weighted by molar-refractivity contribution is 0.310. The van der Waals surface area contributed by atoms with Crippen LogP contribution in [0.25, 0.3) is 0 Å². The van der Waals surface area contributed by atoms with Crippen LogP contribution in [0.15, 0.2) is 24.3 Å². The lowest BCUT2D eigenvalue weighted by Crippen LogP contribution is -2.12. The molecule has 1 aromatic carbocycles. The average molecular weight is 301 g/mol. The Hall–Kier alpha value is -0.123. The standard InChI is InChI=1S/C13H21BrOSi/c1-13(2,3)11-8-6-10(7-9-11)12(14)15-16(4)5/h6-9,12,16H,1-5H3. The second kappa shape index (κ2) is 5.47. The van der Waals surface area contributed by atoms with Gasteiger partial charge in [0.05, 0.1) is 0 Å². The summed E-state index contributed by atoms with van der Waals surface area (Å²) in [6.45, 7) is 11.0. The minimum atomic E-state index is -0.991. The van der Waals surface area contributed by atoms with Crippen LogP contribution in [0.2, 0.25) is 13.1 Å². The average Bonchev–Trinajstić information content (AvgIpc) is 2.15. The Morgan fingerprint density at radius 1 is 1.12 bits per heavy atom. The Kier molecular flexibility index (Phi) is 4.77. The van der Waals surface area contributed by atoms with E-state index in [-0.39, 0.29) is 10.4 Å². The molecule has 3 heteroatoms. The highest BCUT2D eigenvalue weighted by molar-refractivity contribution is 9.09. The number of rotatable bonds is 3. The highest BCUT2D eigenvalue weighted by atomic mass is 79.9. The molecule has 0 saturated carbocycles. The molecule has 0 aromatic heterocycles. The molecule has 0 bridgehead atoms. The zero-order valence-corrected chi connectivity index (χ0v) is 13.5. The Balaban J connectivity index is 2.79. The van der Waals surface area contributed by atoms with E-state index in [1.165, 1.54) is 11.1 Å². The van der Waals surface area contributed by atoms with Crippen LogP contribution in [0.3, 0.4) is 0 Å². The summed E-state index contributed by atoms with van der Waals surface area (Å²) in [5, 5.41) is 0.0492. The van der Waals surface area contributed by atoms with E-state index in [0.29, 0.717) is 0 Å². The molecule has 90 valence electrons. The monoisotopic (exact) mass is 300 g/mol. The lowest BCUT2D eigenvalue weighted by atomic mass is 9.87. The van der Waals surface area contributed by atoms with Gasteiger partial charge in [-0.3, -0.25) is 0 Å². The third kappa shape index (κ3) is 4.04. The number of hydrogen-bond donors (Lipinski definition) is 0. The summed E-state index contributed by atoms with van der Waals surface area (Å²) in [5.41, 5.74) is 2.78. The SMILES string of the molecule is C[SiH](C)OC(Br)c1ccc(C(C)(C)C)cc1. The van der Waals surface area contributed by atoms with Gasteiger partial charge in [-0.05, 0) is 29.6 Å². The van der Waals surface area contributed by atoms with Crippen LogP contribution < -0.4 is 0 Å². The smallest absolute Gasteiger partial charge is 0.172 e. The summed E-state index contributed by atoms with van der Waals surface area (Å²) in [4.78, 5) is 0. The molecule has 0 aliphatic rings. The Morgan fingerprint density at radius 2 is 1.62 bits per heavy atom. The molecule has 0 radical (unpaired) electrons. The van der Waals surface area contributed by atoms with Crippen molar-refractivity contribution in [2.24, 2.45) is 0 Å². The molecule has 1 nitrogen and oxygen atoms in total. The number of hydrogen-bond acceptors (Lipinski definition) is 1. The van der Waals surface area contributed by atoms with Crippen molar-refractivity contribution in [1.82, 2.24) is 0 Å². The molecule has 0 heterocycles. The first-order valence-corrected chi connectivity index (χ1v) is 9.40. The van der Waals surface area contributed by atoms with Crippen molar-refractivity contribution in [2.75, 3.05) is 0 Å². The first kappa shape index (κ1) is 13.9. The zero-order valence-electron chi connectivity index (χ0n) is 10.8. The summed E-state index contributed by atoms with van der Waals surface area (Å²) < 4.78 is 5.82. The molecule has 1 rings (SSSR count). The minimum absolute atomic E-state index is 0.0492. The fraction of sp³-hybridized carbons (Fsp3) is 0.538. The van der Waals surface area contributed by atoms with Crippen LogP contribution in [-0.2, 0) is 9.84 Å². The van der Waals surface area contributed by atoms with Crippen molar-refractivity contribution in [3.8, 4) is 0 Å². The van der Waals surface area contributed by atoms with Gasteiger partial charge in [0.2, 0.25) is 0 Å². The van der Waals surface area contributed by atoms with E-state index in [1.807, 2.05) is 0 Å². The third-order valence-electron chi connectivity index (χ3n) is 2.43. The van der Waals surface area contributed by atoms with Crippen molar-refractivity contribution in [2.45, 2.75) is 44.3 Å². The van der Waals surface area contributed by atoms with Crippen molar-refractivity contribution in [3.05, 3.63) is 35.4 Å². The lowest BCUT2D eigenvalue weighted by Gasteiger charge is -2.20. The van der Waals surface area contributed by atoms with E-state index in [1.54, 1.807) is 0 Å². The molecule has 0 spiro atoms. The van der Waals surface area contributed by atoms with Gasteiger partial charge in [0.1, 0.15) is 5.01 Å². The predicted octanol–water partition coefficient (Wildman–Crippen LogP) is 4.38. The molecule has 0 amide bonds. The van der Waals surface area contributed by atoms with E-state index >= 15 is 0 Å². The predicted molar refractivity (Wildman–Crippen MR) is 76.8 cm³/mol. The third-order valence-corrected chi connectivity index (χ3v) is 4.39. The highest BCUT2D eigenvalue weighted by Gasteiger charge is 2.15. The quantitative estimate of drug-likeness (QED) is 0.595. The molecule has 1 unspecified atom stereocenters. The van der Waals surface area contributed by atoms with Gasteiger partial charge in [0, 0.05) is 0 Å². The van der Waals surface area contributed by atoms with Crippen molar-refractivity contribution < 1.29 is 4.43 Å². The summed E-state index contributed by atoms with van der Waals surface area (Å²) >= 11 is 3.57. The maximum absolute atomic E-state index is 5.82. The maximum Gasteiger partial charge on any atom is 0.172 e. The van der Waals surface area contributed by atoms with Crippen LogP contribution in [-0.4, -0.2) is 9.04 Å². The number of benzene rings is 1. The number of halogens is 1. The molecule has 0 aliphatic carbocycles.